The normalized spacial score (nSPS) is 10.3. The third kappa shape index (κ3) is 6.89. The molecule has 0 aliphatic rings. The van der Waals surface area contributed by atoms with Crippen LogP contribution in [0.2, 0.25) is 5.02 Å². The molecule has 2 rings (SSSR count). The zero-order chi connectivity index (χ0) is 14.4. The van der Waals surface area contributed by atoms with Crippen molar-refractivity contribution in [2.24, 2.45) is 14.1 Å². The summed E-state index contributed by atoms with van der Waals surface area (Å²) in [5.41, 5.74) is 1.28. The Hall–Kier alpha value is 0.828. The van der Waals surface area contributed by atoms with Crippen LogP contribution in [0.25, 0.3) is 0 Å². The van der Waals surface area contributed by atoms with E-state index in [0.717, 1.165) is 11.6 Å². The molecule has 0 atom stereocenters. The van der Waals surface area contributed by atoms with E-state index in [1.807, 2.05) is 50.8 Å². The van der Waals surface area contributed by atoms with Gasteiger partial charge in [-0.15, -0.1) is 0 Å². The Morgan fingerprint density at radius 3 is 1.89 bits per heavy atom. The molecule has 0 aliphatic heterocycles. The van der Waals surface area contributed by atoms with Crippen molar-refractivity contribution in [2.45, 2.75) is 6.54 Å². The van der Waals surface area contributed by atoms with Crippen molar-refractivity contribution in [1.29, 1.82) is 0 Å². The van der Waals surface area contributed by atoms with Gasteiger partial charge in [-0.25, -0.2) is 0 Å². The molecule has 3 nitrogen and oxygen atoms in total. The van der Waals surface area contributed by atoms with Gasteiger partial charge in [-0.1, -0.05) is 23.7 Å². The molecule has 1 aromatic heterocycles. The van der Waals surface area contributed by atoms with Gasteiger partial charge in [0.1, 0.15) is 0 Å². The quantitative estimate of drug-likeness (QED) is 0.341. The maximum atomic E-state index is 5.73. The number of benzene rings is 1. The van der Waals surface area contributed by atoms with Crippen LogP contribution < -0.4 is 0 Å². The van der Waals surface area contributed by atoms with Gasteiger partial charge in [0.25, 0.3) is 0 Å². The van der Waals surface area contributed by atoms with Gasteiger partial charge in [0.2, 0.25) is 0 Å². The van der Waals surface area contributed by atoms with Crippen molar-refractivity contribution >= 4 is 57.3 Å². The first-order valence-electron chi connectivity index (χ1n) is 5.37. The Kier molecular flexibility index (Phi) is 8.44. The Labute approximate surface area is 157 Å². The Morgan fingerprint density at radius 2 is 1.58 bits per heavy atom. The number of nitrogens with zero attached hydrogens (tertiary/aromatic N) is 3. The molecule has 0 bridgehead atoms. The maximum absolute atomic E-state index is 5.73. The van der Waals surface area contributed by atoms with Crippen LogP contribution >= 0.6 is 57.3 Å². The average Bonchev–Trinajstić information content (AvgIpc) is 2.64. The number of imidazole rings is 1. The fraction of sp³-hybridized carbons (Fsp3) is 0.250. The van der Waals surface area contributed by atoms with Gasteiger partial charge in [-0.2, -0.15) is 1.33 Å². The molecule has 7 heteroatoms. The summed E-state index contributed by atoms with van der Waals surface area (Å²) in [6, 6.07) is 7.89. The standard InChI is InChI=1S/C7H6ClI2N.C5H8N2.Pt/c8-7-3-1-6(2-4-7)5-11(9)10;1-6-3-4-7(2)5-6;/h1-4H,5H2;3-4H,1-2H3;. The van der Waals surface area contributed by atoms with E-state index in [-0.39, 0.29) is 0 Å². The van der Waals surface area contributed by atoms with Crippen LogP contribution in [-0.4, -0.2) is 10.5 Å². The molecular formula is C12H14ClI2N3Pt. The topological polar surface area (TPSA) is 13.1 Å². The molecular weight excluding hydrogens is 670 g/mol. The second kappa shape index (κ2) is 8.97. The molecule has 0 unspecified atom stereocenters. The summed E-state index contributed by atoms with van der Waals surface area (Å²) in [7, 11) is 4.06. The second-order valence-electron chi connectivity index (χ2n) is 3.85. The Bertz CT molecular complexity index is 541. The van der Waals surface area contributed by atoms with Crippen molar-refractivity contribution < 1.29 is 19.4 Å². The van der Waals surface area contributed by atoms with Crippen LogP contribution in [0, 0.1) is 3.80 Å². The SMILES string of the molecule is Clc1ccc(CN(I)I)cc1.Cn1ccn(C)[c]1=[Pt]. The number of hydrogen-bond donors (Lipinski definition) is 0. The predicted molar refractivity (Wildman–Crippen MR) is 92.7 cm³/mol. The average molecular weight is 685 g/mol. The van der Waals surface area contributed by atoms with E-state index >= 15 is 0 Å². The minimum absolute atomic E-state index is 0.794. The summed E-state index contributed by atoms with van der Waals surface area (Å²) in [5, 5.41) is 0.794. The van der Waals surface area contributed by atoms with Crippen molar-refractivity contribution in [3.8, 4) is 0 Å². The van der Waals surface area contributed by atoms with E-state index in [0.29, 0.717) is 0 Å². The van der Waals surface area contributed by atoms with Crippen LogP contribution in [0.5, 0.6) is 0 Å². The monoisotopic (exact) mass is 684 g/mol. The first-order chi connectivity index (χ1) is 8.90. The molecule has 1 heterocycles. The summed E-state index contributed by atoms with van der Waals surface area (Å²) in [5.74, 6) is 0. The first-order valence-corrected chi connectivity index (χ1v) is 8.81. The van der Waals surface area contributed by atoms with Crippen molar-refractivity contribution in [1.82, 2.24) is 10.5 Å². The van der Waals surface area contributed by atoms with Crippen molar-refractivity contribution in [3.05, 3.63) is 51.0 Å². The second-order valence-corrected chi connectivity index (χ2v) is 9.48. The van der Waals surface area contributed by atoms with E-state index in [1.54, 1.807) is 0 Å². The fourth-order valence-electron chi connectivity index (χ4n) is 1.29. The van der Waals surface area contributed by atoms with Gasteiger partial charge in [-0.3, -0.25) is 0 Å². The Balaban J connectivity index is 0.000000200. The molecule has 1 aromatic carbocycles. The summed E-state index contributed by atoms with van der Waals surface area (Å²) in [4.78, 5) is 0. The van der Waals surface area contributed by atoms with Crippen LogP contribution in [0.3, 0.4) is 0 Å². The Morgan fingerprint density at radius 1 is 1.11 bits per heavy atom. The molecule has 19 heavy (non-hydrogen) atoms. The molecule has 108 valence electrons. The molecule has 0 amide bonds. The molecule has 0 spiro atoms. The minimum atomic E-state index is 0.794. The van der Waals surface area contributed by atoms with Gasteiger partial charge >= 0.3 is 58.8 Å². The number of aromatic nitrogens is 2. The van der Waals surface area contributed by atoms with Gasteiger partial charge in [0.15, 0.2) is 0 Å². The molecule has 0 saturated heterocycles. The molecule has 0 aliphatic carbocycles. The van der Waals surface area contributed by atoms with Crippen molar-refractivity contribution in [3.63, 3.8) is 0 Å². The number of rotatable bonds is 2. The molecule has 0 radical (unpaired) electrons. The zero-order valence-corrected chi connectivity index (χ0v) is 17.8. The van der Waals surface area contributed by atoms with E-state index in [1.165, 1.54) is 9.37 Å². The zero-order valence-electron chi connectivity index (χ0n) is 10.5. The van der Waals surface area contributed by atoms with Gasteiger partial charge in [0.05, 0.1) is 0 Å². The van der Waals surface area contributed by atoms with Crippen molar-refractivity contribution in [2.75, 3.05) is 0 Å². The third-order valence-electron chi connectivity index (χ3n) is 2.27. The summed E-state index contributed by atoms with van der Waals surface area (Å²) in [6.45, 7) is 0.943. The fourth-order valence-corrected chi connectivity index (χ4v) is 2.54. The van der Waals surface area contributed by atoms with Crippen LogP contribution in [-0.2, 0) is 40.0 Å². The summed E-state index contributed by atoms with van der Waals surface area (Å²) in [6.07, 6.45) is 4.06. The van der Waals surface area contributed by atoms with E-state index < -0.39 is 0 Å². The number of hydrogen-bond acceptors (Lipinski definition) is 1. The van der Waals surface area contributed by atoms with Gasteiger partial charge in [-0.05, 0) is 17.7 Å². The van der Waals surface area contributed by atoms with Crippen LogP contribution in [0.1, 0.15) is 5.56 Å². The summed E-state index contributed by atoms with van der Waals surface area (Å²) >= 11 is 12.5. The first kappa shape index (κ1) is 17.9. The van der Waals surface area contributed by atoms with E-state index in [4.69, 9.17) is 11.6 Å². The molecule has 0 N–H and O–H groups in total. The number of halogens is 3. The van der Waals surface area contributed by atoms with Crippen LogP contribution in [0.15, 0.2) is 36.7 Å². The number of aryl methyl sites for hydroxylation is 2. The van der Waals surface area contributed by atoms with Gasteiger partial charge in [0, 0.05) is 57.3 Å². The predicted octanol–water partition coefficient (Wildman–Crippen LogP) is 4.28. The summed E-state index contributed by atoms with van der Waals surface area (Å²) < 4.78 is 7.45. The van der Waals surface area contributed by atoms with E-state index in [9.17, 15) is 0 Å². The van der Waals surface area contributed by atoms with E-state index in [2.05, 4.69) is 75.5 Å². The molecule has 0 fully saturated rings. The van der Waals surface area contributed by atoms with Crippen LogP contribution in [0.4, 0.5) is 0 Å². The van der Waals surface area contributed by atoms with Gasteiger partial charge < -0.3 is 0 Å². The third-order valence-corrected chi connectivity index (χ3v) is 4.80. The molecule has 2 aromatic rings. The molecule has 0 saturated carbocycles.